The highest BCUT2D eigenvalue weighted by molar-refractivity contribution is 7.92. The molecule has 1 N–H and O–H groups in total. The molecule has 2 aromatic carbocycles. The Morgan fingerprint density at radius 3 is 2.29 bits per heavy atom. The molecule has 186 valence electrons. The first-order chi connectivity index (χ1) is 15.9. The van der Waals surface area contributed by atoms with E-state index in [9.17, 15) is 21.6 Å². The topological polar surface area (TPSA) is 113 Å². The van der Waals surface area contributed by atoms with Crippen LogP contribution in [-0.4, -0.2) is 59.5 Å². The lowest BCUT2D eigenvalue weighted by Gasteiger charge is -2.30. The van der Waals surface area contributed by atoms with Crippen LogP contribution in [0.4, 0.5) is 11.4 Å². The van der Waals surface area contributed by atoms with Gasteiger partial charge in [0.25, 0.3) is 0 Å². The number of amides is 1. The van der Waals surface area contributed by atoms with E-state index < -0.39 is 32.0 Å². The number of anilines is 2. The molecule has 11 heteroatoms. The molecule has 0 unspecified atom stereocenters. The molecule has 0 spiro atoms. The molecule has 9 nitrogen and oxygen atoms in total. The zero-order chi connectivity index (χ0) is 25.3. The summed E-state index contributed by atoms with van der Waals surface area (Å²) in [6.07, 6.45) is 2.65. The van der Waals surface area contributed by atoms with Gasteiger partial charge in [0.05, 0.1) is 29.6 Å². The largest absolute Gasteiger partial charge is 0.495 e. The molecule has 1 fully saturated rings. The molecule has 0 aliphatic carbocycles. The van der Waals surface area contributed by atoms with Crippen molar-refractivity contribution in [2.75, 3.05) is 36.1 Å². The molecular weight excluding hydrogens is 478 g/mol. The average molecular weight is 510 g/mol. The number of methoxy groups -OCH3 is 1. The van der Waals surface area contributed by atoms with Gasteiger partial charge in [-0.2, -0.15) is 4.31 Å². The van der Waals surface area contributed by atoms with Crippen LogP contribution in [0.5, 0.6) is 5.75 Å². The summed E-state index contributed by atoms with van der Waals surface area (Å²) >= 11 is 0. The molecule has 1 atom stereocenters. The first-order valence-corrected chi connectivity index (χ1v) is 14.2. The first kappa shape index (κ1) is 26.0. The summed E-state index contributed by atoms with van der Waals surface area (Å²) in [4.78, 5) is 13.3. The lowest BCUT2D eigenvalue weighted by molar-refractivity contribution is -0.116. The van der Waals surface area contributed by atoms with Crippen LogP contribution in [0.2, 0.25) is 0 Å². The van der Waals surface area contributed by atoms with Crippen molar-refractivity contribution in [3.8, 4) is 5.75 Å². The Labute approximate surface area is 201 Å². The molecule has 1 aliphatic heterocycles. The maximum atomic E-state index is 13.2. The van der Waals surface area contributed by atoms with Gasteiger partial charge in [0.15, 0.2) is 0 Å². The summed E-state index contributed by atoms with van der Waals surface area (Å²) in [5.41, 5.74) is 2.10. The van der Waals surface area contributed by atoms with Gasteiger partial charge in [-0.25, -0.2) is 16.8 Å². The zero-order valence-electron chi connectivity index (χ0n) is 20.0. The first-order valence-electron chi connectivity index (χ1n) is 10.9. The van der Waals surface area contributed by atoms with Gasteiger partial charge in [-0.1, -0.05) is 12.1 Å². The standard InChI is InChI=1S/C23H31N3O6S2/c1-16-8-9-17(2)21(14-16)26(33(5,28)29)18(3)23(27)24-20-15-19(10-11-22(20)32-4)34(30,31)25-12-6-7-13-25/h8-11,14-15,18H,6-7,12-13H2,1-5H3,(H,24,27)/t18-/m0/s1. The van der Waals surface area contributed by atoms with Gasteiger partial charge < -0.3 is 10.1 Å². The Balaban J connectivity index is 1.96. The third-order valence-corrected chi connectivity index (χ3v) is 8.94. The van der Waals surface area contributed by atoms with Crippen molar-refractivity contribution >= 4 is 37.3 Å². The van der Waals surface area contributed by atoms with Gasteiger partial charge in [0.2, 0.25) is 26.0 Å². The smallest absolute Gasteiger partial charge is 0.248 e. The van der Waals surface area contributed by atoms with Crippen molar-refractivity contribution in [2.45, 2.75) is 44.6 Å². The van der Waals surface area contributed by atoms with Crippen LogP contribution in [0.1, 0.15) is 30.9 Å². The fraction of sp³-hybridized carbons (Fsp3) is 0.435. The second kappa shape index (κ2) is 9.93. The Kier molecular flexibility index (Phi) is 7.59. The van der Waals surface area contributed by atoms with E-state index in [0.29, 0.717) is 24.3 Å². The molecule has 0 bridgehead atoms. The predicted octanol–water partition coefficient (Wildman–Crippen LogP) is 2.89. The lowest BCUT2D eigenvalue weighted by atomic mass is 10.1. The highest BCUT2D eigenvalue weighted by atomic mass is 32.2. The van der Waals surface area contributed by atoms with Gasteiger partial charge >= 0.3 is 0 Å². The van der Waals surface area contributed by atoms with Gasteiger partial charge in [-0.15, -0.1) is 0 Å². The van der Waals surface area contributed by atoms with Crippen molar-refractivity contribution in [1.29, 1.82) is 0 Å². The van der Waals surface area contributed by atoms with Crippen LogP contribution in [0.25, 0.3) is 0 Å². The van der Waals surface area contributed by atoms with Crippen LogP contribution in [0.15, 0.2) is 41.3 Å². The maximum Gasteiger partial charge on any atom is 0.248 e. The Bertz CT molecular complexity index is 1290. The molecule has 1 aliphatic rings. The van der Waals surface area contributed by atoms with Gasteiger partial charge in [0, 0.05) is 13.1 Å². The number of carbonyl (C=O) groups excluding carboxylic acids is 1. The minimum atomic E-state index is -3.81. The maximum absolute atomic E-state index is 13.2. The number of hydrogen-bond donors (Lipinski definition) is 1. The number of carbonyl (C=O) groups is 1. The van der Waals surface area contributed by atoms with Gasteiger partial charge in [-0.3, -0.25) is 9.10 Å². The van der Waals surface area contributed by atoms with Crippen LogP contribution < -0.4 is 14.4 Å². The minimum Gasteiger partial charge on any atom is -0.495 e. The normalized spacial score (nSPS) is 15.7. The van der Waals surface area contributed by atoms with Crippen LogP contribution >= 0.6 is 0 Å². The van der Waals surface area contributed by atoms with Crippen LogP contribution in [-0.2, 0) is 24.8 Å². The number of sulfonamides is 2. The third kappa shape index (κ3) is 5.37. The number of nitrogens with zero attached hydrogens (tertiary/aromatic N) is 2. The average Bonchev–Trinajstić information content (AvgIpc) is 3.31. The molecule has 1 amide bonds. The monoisotopic (exact) mass is 509 g/mol. The molecule has 0 aromatic heterocycles. The molecule has 0 radical (unpaired) electrons. The number of hydrogen-bond acceptors (Lipinski definition) is 6. The summed E-state index contributed by atoms with van der Waals surface area (Å²) in [6.45, 7) is 5.99. The van der Waals surface area contributed by atoms with Crippen molar-refractivity contribution in [3.63, 3.8) is 0 Å². The summed E-state index contributed by atoms with van der Waals surface area (Å²) < 4.78 is 59.1. The van der Waals surface area contributed by atoms with E-state index in [4.69, 9.17) is 4.74 Å². The molecule has 34 heavy (non-hydrogen) atoms. The molecule has 1 saturated heterocycles. The van der Waals surface area contributed by atoms with E-state index in [-0.39, 0.29) is 16.3 Å². The molecule has 2 aromatic rings. The molecular formula is C23H31N3O6S2. The minimum absolute atomic E-state index is 0.0349. The summed E-state index contributed by atoms with van der Waals surface area (Å²) in [6, 6.07) is 8.51. The quantitative estimate of drug-likeness (QED) is 0.586. The van der Waals surface area contributed by atoms with Crippen molar-refractivity contribution in [1.82, 2.24) is 4.31 Å². The van der Waals surface area contributed by atoms with E-state index in [0.717, 1.165) is 29.0 Å². The summed E-state index contributed by atoms with van der Waals surface area (Å²) in [5.74, 6) is -0.362. The van der Waals surface area contributed by atoms with Crippen LogP contribution in [0.3, 0.4) is 0 Å². The summed E-state index contributed by atoms with van der Waals surface area (Å²) in [5, 5.41) is 2.67. The number of ether oxygens (including phenoxy) is 1. The molecule has 3 rings (SSSR count). The fourth-order valence-corrected chi connectivity index (χ4v) is 6.77. The summed E-state index contributed by atoms with van der Waals surface area (Å²) in [7, 11) is -6.12. The number of aryl methyl sites for hydroxylation is 2. The van der Waals surface area contributed by atoms with E-state index in [1.807, 2.05) is 13.0 Å². The Hall–Kier alpha value is -2.63. The zero-order valence-corrected chi connectivity index (χ0v) is 21.7. The van der Waals surface area contributed by atoms with Crippen LogP contribution in [0, 0.1) is 13.8 Å². The van der Waals surface area contributed by atoms with Crippen molar-refractivity contribution in [2.24, 2.45) is 0 Å². The number of benzene rings is 2. The Morgan fingerprint density at radius 2 is 1.71 bits per heavy atom. The van der Waals surface area contributed by atoms with E-state index in [1.165, 1.54) is 36.5 Å². The molecule has 1 heterocycles. The van der Waals surface area contributed by atoms with E-state index >= 15 is 0 Å². The van der Waals surface area contributed by atoms with Crippen molar-refractivity contribution < 1.29 is 26.4 Å². The lowest BCUT2D eigenvalue weighted by Crippen LogP contribution is -2.45. The van der Waals surface area contributed by atoms with Crippen molar-refractivity contribution in [3.05, 3.63) is 47.5 Å². The van der Waals surface area contributed by atoms with Gasteiger partial charge in [-0.05, 0) is 69.0 Å². The van der Waals surface area contributed by atoms with Gasteiger partial charge in [0.1, 0.15) is 11.8 Å². The highest BCUT2D eigenvalue weighted by Crippen LogP contribution is 2.31. The van der Waals surface area contributed by atoms with E-state index in [2.05, 4.69) is 5.32 Å². The second-order valence-electron chi connectivity index (χ2n) is 8.49. The number of rotatable bonds is 8. The third-order valence-electron chi connectivity index (χ3n) is 5.82. The predicted molar refractivity (Wildman–Crippen MR) is 132 cm³/mol. The number of nitrogens with one attached hydrogen (secondary N) is 1. The highest BCUT2D eigenvalue weighted by Gasteiger charge is 2.32. The Morgan fingerprint density at radius 1 is 1.06 bits per heavy atom. The fourth-order valence-electron chi connectivity index (χ4n) is 4.00. The van der Waals surface area contributed by atoms with E-state index in [1.54, 1.807) is 19.1 Å². The SMILES string of the molecule is COc1ccc(S(=O)(=O)N2CCCC2)cc1NC(=O)[C@H](C)N(c1cc(C)ccc1C)S(C)(=O)=O. The second-order valence-corrected chi connectivity index (χ2v) is 12.3. The molecule has 0 saturated carbocycles.